The fourth-order valence-electron chi connectivity index (χ4n) is 4.87. The van der Waals surface area contributed by atoms with Gasteiger partial charge in [-0.05, 0) is 55.6 Å². The normalized spacial score (nSPS) is 24.5. The van der Waals surface area contributed by atoms with Crippen LogP contribution in [0.15, 0.2) is 35.1 Å². The number of hydrogen-bond donors (Lipinski definition) is 1. The van der Waals surface area contributed by atoms with Gasteiger partial charge >= 0.3 is 6.18 Å². The van der Waals surface area contributed by atoms with Gasteiger partial charge in [-0.1, -0.05) is 18.2 Å². The molecule has 1 N–H and O–H groups in total. The molecule has 7 heteroatoms. The summed E-state index contributed by atoms with van der Waals surface area (Å²) in [5, 5.41) is 0. The molecule has 1 aromatic heterocycles. The zero-order chi connectivity index (χ0) is 21.7. The first-order chi connectivity index (χ1) is 14.0. The molecule has 2 fully saturated rings. The molecule has 2 aliphatic carbocycles. The van der Waals surface area contributed by atoms with E-state index in [4.69, 9.17) is 0 Å². The summed E-state index contributed by atoms with van der Waals surface area (Å²) in [5.41, 5.74) is 3.55. The van der Waals surface area contributed by atoms with Crippen molar-refractivity contribution >= 4 is 0 Å². The van der Waals surface area contributed by atoms with Crippen LogP contribution in [-0.4, -0.2) is 17.1 Å². The van der Waals surface area contributed by atoms with E-state index in [0.717, 1.165) is 16.7 Å². The monoisotopic (exact) mass is 425 g/mol. The van der Waals surface area contributed by atoms with Crippen LogP contribution < -0.4 is 5.43 Å². The van der Waals surface area contributed by atoms with Gasteiger partial charge in [0.25, 0.3) is 0 Å². The predicted octanol–water partition coefficient (Wildman–Crippen LogP) is 6.70. The summed E-state index contributed by atoms with van der Waals surface area (Å²) in [7, 11) is 0. The van der Waals surface area contributed by atoms with Crippen molar-refractivity contribution in [1.82, 2.24) is 4.98 Å². The molecule has 2 aromatic rings. The van der Waals surface area contributed by atoms with Crippen LogP contribution in [-0.2, 0) is 0 Å². The van der Waals surface area contributed by atoms with Crippen molar-refractivity contribution in [2.75, 3.05) is 0 Å². The minimum atomic E-state index is -4.19. The Labute approximate surface area is 171 Å². The second-order valence-electron chi connectivity index (χ2n) is 8.81. The SMILES string of the molecule is Cc1cc(=O)cc(-c2ccc(C3CC(F)(F)C3)cc2C2CCC(C(F)(F)F)CC2)[nH]1. The molecular weight excluding hydrogens is 401 g/mol. The summed E-state index contributed by atoms with van der Waals surface area (Å²) in [6.45, 7) is 1.77. The highest BCUT2D eigenvalue weighted by Gasteiger charge is 2.46. The lowest BCUT2D eigenvalue weighted by Gasteiger charge is -2.36. The smallest absolute Gasteiger partial charge is 0.358 e. The molecule has 0 atom stereocenters. The van der Waals surface area contributed by atoms with Crippen molar-refractivity contribution in [1.29, 1.82) is 0 Å². The fraction of sp³-hybridized carbons (Fsp3) is 0.522. The highest BCUT2D eigenvalue weighted by molar-refractivity contribution is 5.65. The molecule has 2 aliphatic rings. The number of rotatable bonds is 3. The average Bonchev–Trinajstić information content (AvgIpc) is 2.64. The standard InChI is InChI=1S/C23H24F5NO/c1-13-8-18(30)10-21(29-13)19-7-4-15(16-11-22(24,25)12-16)9-20(19)14-2-5-17(6-3-14)23(26,27)28/h4,7-10,14,16-17H,2-3,5-6,11-12H2,1H3,(H,29,30). The van der Waals surface area contributed by atoms with E-state index < -0.39 is 18.0 Å². The number of H-pyrrole nitrogens is 1. The number of aryl methyl sites for hydroxylation is 1. The van der Waals surface area contributed by atoms with Gasteiger partial charge in [0.05, 0.1) is 5.92 Å². The molecule has 2 nitrogen and oxygen atoms in total. The van der Waals surface area contributed by atoms with Crippen molar-refractivity contribution in [2.45, 2.75) is 69.4 Å². The zero-order valence-corrected chi connectivity index (χ0v) is 16.7. The van der Waals surface area contributed by atoms with Crippen molar-refractivity contribution in [3.05, 3.63) is 57.4 Å². The number of aromatic amines is 1. The summed E-state index contributed by atoms with van der Waals surface area (Å²) in [6.07, 6.45) is -3.70. The summed E-state index contributed by atoms with van der Waals surface area (Å²) >= 11 is 0. The molecule has 0 aliphatic heterocycles. The van der Waals surface area contributed by atoms with Crippen LogP contribution in [0.5, 0.6) is 0 Å². The van der Waals surface area contributed by atoms with E-state index in [9.17, 15) is 26.7 Å². The maximum atomic E-state index is 13.4. The van der Waals surface area contributed by atoms with E-state index in [0.29, 0.717) is 24.2 Å². The van der Waals surface area contributed by atoms with E-state index in [1.54, 1.807) is 13.0 Å². The van der Waals surface area contributed by atoms with E-state index >= 15 is 0 Å². The molecule has 0 unspecified atom stereocenters. The zero-order valence-electron chi connectivity index (χ0n) is 16.7. The van der Waals surface area contributed by atoms with Gasteiger partial charge < -0.3 is 4.98 Å². The van der Waals surface area contributed by atoms with Crippen molar-refractivity contribution in [3.8, 4) is 11.3 Å². The number of benzene rings is 1. The Hall–Kier alpha value is -2.18. The number of alkyl halides is 5. The lowest BCUT2D eigenvalue weighted by molar-refractivity contribution is -0.182. The molecule has 0 spiro atoms. The molecule has 2 saturated carbocycles. The Morgan fingerprint density at radius 2 is 1.63 bits per heavy atom. The lowest BCUT2D eigenvalue weighted by Crippen LogP contribution is -2.33. The number of aromatic nitrogens is 1. The molecule has 162 valence electrons. The second-order valence-corrected chi connectivity index (χ2v) is 8.81. The number of pyridine rings is 1. The van der Waals surface area contributed by atoms with E-state index in [-0.39, 0.29) is 42.9 Å². The first-order valence-electron chi connectivity index (χ1n) is 10.3. The van der Waals surface area contributed by atoms with Gasteiger partial charge in [0, 0.05) is 41.9 Å². The number of hydrogen-bond acceptors (Lipinski definition) is 1. The Morgan fingerprint density at radius 1 is 0.967 bits per heavy atom. The molecule has 1 heterocycles. The van der Waals surface area contributed by atoms with Gasteiger partial charge in [-0.3, -0.25) is 4.79 Å². The maximum Gasteiger partial charge on any atom is 0.391 e. The number of halogens is 5. The third-order valence-corrected chi connectivity index (χ3v) is 6.53. The fourth-order valence-corrected chi connectivity index (χ4v) is 4.87. The predicted molar refractivity (Wildman–Crippen MR) is 105 cm³/mol. The third kappa shape index (κ3) is 4.30. The summed E-state index contributed by atoms with van der Waals surface area (Å²) in [5.74, 6) is -4.26. The Kier molecular flexibility index (Phi) is 5.27. The van der Waals surface area contributed by atoms with Gasteiger partial charge in [0.15, 0.2) is 5.43 Å². The largest absolute Gasteiger partial charge is 0.391 e. The summed E-state index contributed by atoms with van der Waals surface area (Å²) < 4.78 is 66.0. The van der Waals surface area contributed by atoms with Crippen LogP contribution in [0, 0.1) is 12.8 Å². The molecule has 30 heavy (non-hydrogen) atoms. The first-order valence-corrected chi connectivity index (χ1v) is 10.3. The summed E-state index contributed by atoms with van der Waals surface area (Å²) in [4.78, 5) is 15.2. The Morgan fingerprint density at radius 3 is 2.20 bits per heavy atom. The van der Waals surface area contributed by atoms with Gasteiger partial charge in [-0.2, -0.15) is 13.2 Å². The van der Waals surface area contributed by atoms with Gasteiger partial charge in [-0.25, -0.2) is 8.78 Å². The second kappa shape index (κ2) is 7.50. The Bertz CT molecular complexity index is 978. The Balaban J connectivity index is 1.69. The molecule has 0 saturated heterocycles. The van der Waals surface area contributed by atoms with Crippen LogP contribution in [0.25, 0.3) is 11.3 Å². The van der Waals surface area contributed by atoms with Crippen molar-refractivity contribution in [3.63, 3.8) is 0 Å². The van der Waals surface area contributed by atoms with Crippen LogP contribution in [0.3, 0.4) is 0 Å². The van der Waals surface area contributed by atoms with Crippen LogP contribution in [0.2, 0.25) is 0 Å². The summed E-state index contributed by atoms with van der Waals surface area (Å²) in [6, 6.07) is 8.46. The minimum Gasteiger partial charge on any atom is -0.358 e. The van der Waals surface area contributed by atoms with E-state index in [1.807, 2.05) is 12.1 Å². The lowest BCUT2D eigenvalue weighted by atomic mass is 9.73. The van der Waals surface area contributed by atoms with Gasteiger partial charge in [-0.15, -0.1) is 0 Å². The molecule has 0 amide bonds. The quantitative estimate of drug-likeness (QED) is 0.546. The highest BCUT2D eigenvalue weighted by atomic mass is 19.4. The molecule has 0 radical (unpaired) electrons. The first kappa shape index (κ1) is 21.1. The molecular formula is C23H24F5NO. The van der Waals surface area contributed by atoms with Crippen molar-refractivity contribution in [2.24, 2.45) is 5.92 Å². The van der Waals surface area contributed by atoms with Crippen molar-refractivity contribution < 1.29 is 22.0 Å². The topological polar surface area (TPSA) is 32.9 Å². The van der Waals surface area contributed by atoms with Gasteiger partial charge in [0.2, 0.25) is 5.92 Å². The molecule has 4 rings (SSSR count). The van der Waals surface area contributed by atoms with E-state index in [1.165, 1.54) is 12.1 Å². The maximum absolute atomic E-state index is 13.4. The van der Waals surface area contributed by atoms with E-state index in [2.05, 4.69) is 4.98 Å². The third-order valence-electron chi connectivity index (χ3n) is 6.53. The van der Waals surface area contributed by atoms with Gasteiger partial charge in [0.1, 0.15) is 0 Å². The highest BCUT2D eigenvalue weighted by Crippen LogP contribution is 2.50. The van der Waals surface area contributed by atoms with Crippen LogP contribution in [0.1, 0.15) is 67.2 Å². The molecule has 0 bridgehead atoms. The average molecular weight is 425 g/mol. The molecule has 1 aromatic carbocycles. The van der Waals surface area contributed by atoms with Crippen LogP contribution >= 0.6 is 0 Å². The van der Waals surface area contributed by atoms with Crippen LogP contribution in [0.4, 0.5) is 22.0 Å². The minimum absolute atomic E-state index is 0.0592. The number of nitrogens with one attached hydrogen (secondary N) is 1.